The molecular formula is C13H17FN2O4S. The number of carboxylic acid groups (broad SMARTS) is 1. The lowest BCUT2D eigenvalue weighted by atomic mass is 10.1. The van der Waals surface area contributed by atoms with E-state index in [1.807, 2.05) is 0 Å². The van der Waals surface area contributed by atoms with E-state index < -0.39 is 27.7 Å². The Hall–Kier alpha value is -1.54. The minimum absolute atomic E-state index is 0.0177. The fraction of sp³-hybridized carbons (Fsp3) is 0.538. The third-order valence-electron chi connectivity index (χ3n) is 3.69. The maximum atomic E-state index is 13.3. The molecule has 2 atom stereocenters. The number of rotatable bonds is 4. The molecule has 2 unspecified atom stereocenters. The van der Waals surface area contributed by atoms with Gasteiger partial charge in [0, 0.05) is 24.8 Å². The summed E-state index contributed by atoms with van der Waals surface area (Å²) in [5, 5.41) is 8.96. The molecule has 21 heavy (non-hydrogen) atoms. The number of halogens is 1. The quantitative estimate of drug-likeness (QED) is 0.886. The predicted molar refractivity (Wildman–Crippen MR) is 74.0 cm³/mol. The van der Waals surface area contributed by atoms with Crippen molar-refractivity contribution in [1.82, 2.24) is 9.88 Å². The van der Waals surface area contributed by atoms with E-state index >= 15 is 0 Å². The monoisotopic (exact) mass is 316 g/mol. The normalized spacial score (nSPS) is 23.6. The number of carbonyl (C=O) groups is 1. The minimum Gasteiger partial charge on any atom is -0.481 e. The molecule has 0 aliphatic carbocycles. The zero-order valence-electron chi connectivity index (χ0n) is 11.6. The summed E-state index contributed by atoms with van der Waals surface area (Å²) in [4.78, 5) is 16.5. The molecule has 0 bridgehead atoms. The molecule has 6 nitrogen and oxygen atoms in total. The number of sulfone groups is 1. The van der Waals surface area contributed by atoms with Gasteiger partial charge >= 0.3 is 5.97 Å². The van der Waals surface area contributed by atoms with Gasteiger partial charge in [0.05, 0.1) is 24.1 Å². The van der Waals surface area contributed by atoms with Crippen molar-refractivity contribution in [3.63, 3.8) is 0 Å². The average Bonchev–Trinajstić information content (AvgIpc) is 2.36. The van der Waals surface area contributed by atoms with Gasteiger partial charge in [0.2, 0.25) is 0 Å². The first kappa shape index (κ1) is 15.8. The topological polar surface area (TPSA) is 87.6 Å². The SMILES string of the molecule is CC(c1cncc(F)c1)N1CCS(=O)(=O)CC1CC(=O)O. The molecule has 1 aliphatic heterocycles. The first-order chi connectivity index (χ1) is 9.78. The summed E-state index contributed by atoms with van der Waals surface area (Å²) in [6.07, 6.45) is 2.34. The summed E-state index contributed by atoms with van der Waals surface area (Å²) in [7, 11) is -3.23. The van der Waals surface area contributed by atoms with E-state index in [0.717, 1.165) is 6.20 Å². The van der Waals surface area contributed by atoms with E-state index in [2.05, 4.69) is 4.98 Å². The van der Waals surface area contributed by atoms with Crippen molar-refractivity contribution in [3.8, 4) is 0 Å². The zero-order valence-corrected chi connectivity index (χ0v) is 12.4. The Morgan fingerprint density at radius 1 is 1.57 bits per heavy atom. The molecule has 0 saturated carbocycles. The van der Waals surface area contributed by atoms with Gasteiger partial charge in [0.1, 0.15) is 5.82 Å². The van der Waals surface area contributed by atoms with Crippen LogP contribution in [0.4, 0.5) is 4.39 Å². The largest absolute Gasteiger partial charge is 0.481 e. The van der Waals surface area contributed by atoms with Gasteiger partial charge in [-0.3, -0.25) is 14.7 Å². The fourth-order valence-electron chi connectivity index (χ4n) is 2.64. The van der Waals surface area contributed by atoms with Crippen LogP contribution < -0.4 is 0 Å². The molecule has 1 aromatic rings. The molecule has 0 aromatic carbocycles. The highest BCUT2D eigenvalue weighted by Gasteiger charge is 2.35. The number of pyridine rings is 1. The highest BCUT2D eigenvalue weighted by molar-refractivity contribution is 7.91. The van der Waals surface area contributed by atoms with Crippen LogP contribution in [0.2, 0.25) is 0 Å². The van der Waals surface area contributed by atoms with Gasteiger partial charge in [-0.2, -0.15) is 0 Å². The van der Waals surface area contributed by atoms with Crippen LogP contribution >= 0.6 is 0 Å². The zero-order chi connectivity index (χ0) is 15.6. The van der Waals surface area contributed by atoms with Gasteiger partial charge in [-0.1, -0.05) is 0 Å². The van der Waals surface area contributed by atoms with Crippen LogP contribution in [0, 0.1) is 5.82 Å². The Kier molecular flexibility index (Phi) is 4.58. The lowest BCUT2D eigenvalue weighted by Crippen LogP contribution is -2.50. The lowest BCUT2D eigenvalue weighted by molar-refractivity contribution is -0.138. The number of nitrogens with zero attached hydrogens (tertiary/aromatic N) is 2. The Morgan fingerprint density at radius 3 is 2.90 bits per heavy atom. The van der Waals surface area contributed by atoms with Crippen LogP contribution in [0.25, 0.3) is 0 Å². The van der Waals surface area contributed by atoms with Gasteiger partial charge < -0.3 is 5.11 Å². The van der Waals surface area contributed by atoms with E-state index in [0.29, 0.717) is 5.56 Å². The van der Waals surface area contributed by atoms with Crippen molar-refractivity contribution in [2.75, 3.05) is 18.1 Å². The second-order valence-corrected chi connectivity index (χ2v) is 7.45. The van der Waals surface area contributed by atoms with E-state index in [9.17, 15) is 17.6 Å². The van der Waals surface area contributed by atoms with Gasteiger partial charge in [0.15, 0.2) is 9.84 Å². The number of carboxylic acids is 1. The van der Waals surface area contributed by atoms with E-state index in [-0.39, 0.29) is 30.5 Å². The molecule has 1 aliphatic rings. The first-order valence-electron chi connectivity index (χ1n) is 6.57. The van der Waals surface area contributed by atoms with Crippen molar-refractivity contribution in [3.05, 3.63) is 29.8 Å². The highest BCUT2D eigenvalue weighted by atomic mass is 32.2. The van der Waals surface area contributed by atoms with Crippen LogP contribution in [0.1, 0.15) is 24.9 Å². The average molecular weight is 316 g/mol. The molecule has 2 rings (SSSR count). The van der Waals surface area contributed by atoms with Crippen LogP contribution in [0.3, 0.4) is 0 Å². The summed E-state index contributed by atoms with van der Waals surface area (Å²) >= 11 is 0. The molecule has 1 aromatic heterocycles. The number of hydrogen-bond donors (Lipinski definition) is 1. The Morgan fingerprint density at radius 2 is 2.29 bits per heavy atom. The molecule has 0 amide bonds. The van der Waals surface area contributed by atoms with Gasteiger partial charge in [-0.25, -0.2) is 12.8 Å². The van der Waals surface area contributed by atoms with Crippen molar-refractivity contribution < 1.29 is 22.7 Å². The van der Waals surface area contributed by atoms with Gasteiger partial charge in [-0.05, 0) is 18.6 Å². The summed E-state index contributed by atoms with van der Waals surface area (Å²) in [5.74, 6) is -1.73. The van der Waals surface area contributed by atoms with Crippen molar-refractivity contribution in [2.45, 2.75) is 25.4 Å². The molecule has 0 spiro atoms. The summed E-state index contributed by atoms with van der Waals surface area (Å²) in [6, 6.07) is 0.422. The van der Waals surface area contributed by atoms with Crippen LogP contribution in [-0.4, -0.2) is 53.5 Å². The summed E-state index contributed by atoms with van der Waals surface area (Å²) in [5.41, 5.74) is 0.602. The molecule has 0 radical (unpaired) electrons. The standard InChI is InChI=1S/C13H17FN2O4S/c1-9(10-4-11(14)7-15-6-10)16-2-3-21(19,20)8-12(16)5-13(17)18/h4,6-7,9,12H,2-3,5,8H2,1H3,(H,17,18). The number of aliphatic carboxylic acids is 1. The third kappa shape index (κ3) is 3.98. The number of hydrogen-bond acceptors (Lipinski definition) is 5. The van der Waals surface area contributed by atoms with Gasteiger partial charge in [0.25, 0.3) is 0 Å². The maximum Gasteiger partial charge on any atom is 0.304 e. The number of aromatic nitrogens is 1. The second-order valence-electron chi connectivity index (χ2n) is 5.22. The molecule has 1 N–H and O–H groups in total. The lowest BCUT2D eigenvalue weighted by Gasteiger charge is -2.39. The Bertz CT molecular complexity index is 635. The molecule has 116 valence electrons. The van der Waals surface area contributed by atoms with E-state index in [1.165, 1.54) is 12.3 Å². The van der Waals surface area contributed by atoms with Crippen molar-refractivity contribution in [2.24, 2.45) is 0 Å². The molecule has 8 heteroatoms. The van der Waals surface area contributed by atoms with Crippen LogP contribution in [0.15, 0.2) is 18.5 Å². The smallest absolute Gasteiger partial charge is 0.304 e. The molecule has 2 heterocycles. The third-order valence-corrected chi connectivity index (χ3v) is 5.39. The first-order valence-corrected chi connectivity index (χ1v) is 8.39. The molecular weight excluding hydrogens is 299 g/mol. The maximum absolute atomic E-state index is 13.3. The van der Waals surface area contributed by atoms with Crippen molar-refractivity contribution in [1.29, 1.82) is 0 Å². The Labute approximate surface area is 122 Å². The molecule has 1 saturated heterocycles. The Balaban J connectivity index is 2.24. The van der Waals surface area contributed by atoms with Crippen molar-refractivity contribution >= 4 is 15.8 Å². The highest BCUT2D eigenvalue weighted by Crippen LogP contribution is 2.27. The summed E-state index contributed by atoms with van der Waals surface area (Å²) < 4.78 is 36.7. The van der Waals surface area contributed by atoms with Gasteiger partial charge in [-0.15, -0.1) is 0 Å². The second kappa shape index (κ2) is 6.07. The van der Waals surface area contributed by atoms with E-state index in [4.69, 9.17) is 5.11 Å². The van der Waals surface area contributed by atoms with Crippen LogP contribution in [0.5, 0.6) is 0 Å². The van der Waals surface area contributed by atoms with Crippen LogP contribution in [-0.2, 0) is 14.6 Å². The fourth-order valence-corrected chi connectivity index (χ4v) is 4.19. The minimum atomic E-state index is -3.23. The molecule has 1 fully saturated rings. The summed E-state index contributed by atoms with van der Waals surface area (Å²) in [6.45, 7) is 2.03. The predicted octanol–water partition coefficient (Wildman–Crippen LogP) is 0.855. The van der Waals surface area contributed by atoms with E-state index in [1.54, 1.807) is 11.8 Å².